The van der Waals surface area contributed by atoms with Crippen LogP contribution in [0.25, 0.3) is 0 Å². The topological polar surface area (TPSA) is 81.8 Å². The number of aliphatic hydroxyl groups is 1. The Kier molecular flexibility index (Phi) is 6.94. The number of carbonyl (C=O) groups is 1. The Balaban J connectivity index is 2.41. The molecule has 26 heavy (non-hydrogen) atoms. The zero-order chi connectivity index (χ0) is 19.3. The standard InChI is InChI=1S/C20H25NO4S/c1-5-25-20(23)18(22)19(14-6-8-15(24-4)9-7-14)26-16-11-12(2)10-13(3)17(16)21/h6-11,18-19,22H,5,21H2,1-4H3/t18-,19+/m0/s1. The normalized spacial score (nSPS) is 13.1. The maximum Gasteiger partial charge on any atom is 0.336 e. The summed E-state index contributed by atoms with van der Waals surface area (Å²) in [4.78, 5) is 13.0. The molecule has 0 saturated heterocycles. The summed E-state index contributed by atoms with van der Waals surface area (Å²) in [6, 6.07) is 11.2. The average Bonchev–Trinajstić information content (AvgIpc) is 2.63. The van der Waals surface area contributed by atoms with E-state index in [1.54, 1.807) is 26.2 Å². The summed E-state index contributed by atoms with van der Waals surface area (Å²) in [6.07, 6.45) is -1.31. The molecule has 0 bridgehead atoms. The van der Waals surface area contributed by atoms with Gasteiger partial charge in [0.2, 0.25) is 0 Å². The van der Waals surface area contributed by atoms with Crippen LogP contribution in [-0.4, -0.2) is 30.9 Å². The van der Waals surface area contributed by atoms with Gasteiger partial charge < -0.3 is 20.3 Å². The Morgan fingerprint density at radius 1 is 1.23 bits per heavy atom. The first-order valence-electron chi connectivity index (χ1n) is 8.39. The molecule has 3 N–H and O–H groups in total. The molecule has 140 valence electrons. The molecule has 5 nitrogen and oxygen atoms in total. The average molecular weight is 375 g/mol. The first-order chi connectivity index (χ1) is 12.4. The Hall–Kier alpha value is -2.18. The third-order valence-corrected chi connectivity index (χ3v) is 5.38. The molecule has 2 atom stereocenters. The van der Waals surface area contributed by atoms with Gasteiger partial charge in [-0.2, -0.15) is 0 Å². The third-order valence-electron chi connectivity index (χ3n) is 4.01. The number of anilines is 1. The van der Waals surface area contributed by atoms with Crippen molar-refractivity contribution in [2.75, 3.05) is 19.5 Å². The Bertz CT molecular complexity index is 761. The summed E-state index contributed by atoms with van der Waals surface area (Å²) >= 11 is 1.36. The molecule has 0 aromatic heterocycles. The first kappa shape index (κ1) is 20.1. The molecule has 0 saturated carbocycles. The van der Waals surface area contributed by atoms with Crippen molar-refractivity contribution in [1.29, 1.82) is 0 Å². The van der Waals surface area contributed by atoms with Crippen molar-refractivity contribution < 1.29 is 19.4 Å². The first-order valence-corrected chi connectivity index (χ1v) is 9.27. The maximum absolute atomic E-state index is 12.1. The van der Waals surface area contributed by atoms with E-state index in [1.165, 1.54) is 11.8 Å². The molecule has 2 rings (SSSR count). The third kappa shape index (κ3) is 4.71. The van der Waals surface area contributed by atoms with E-state index in [0.717, 1.165) is 21.6 Å². The van der Waals surface area contributed by atoms with E-state index >= 15 is 0 Å². The molecule has 0 heterocycles. The van der Waals surface area contributed by atoms with Gasteiger partial charge in [-0.05, 0) is 55.7 Å². The van der Waals surface area contributed by atoms with Gasteiger partial charge in [-0.1, -0.05) is 18.2 Å². The lowest BCUT2D eigenvalue weighted by atomic mass is 10.1. The number of hydrogen-bond donors (Lipinski definition) is 2. The van der Waals surface area contributed by atoms with E-state index < -0.39 is 17.3 Å². The van der Waals surface area contributed by atoms with E-state index in [2.05, 4.69) is 0 Å². The van der Waals surface area contributed by atoms with Gasteiger partial charge in [0.05, 0.1) is 19.0 Å². The molecular formula is C20H25NO4S. The minimum Gasteiger partial charge on any atom is -0.497 e. The van der Waals surface area contributed by atoms with E-state index in [1.807, 2.05) is 38.1 Å². The van der Waals surface area contributed by atoms with E-state index in [4.69, 9.17) is 15.2 Å². The molecule has 2 aromatic rings. The summed E-state index contributed by atoms with van der Waals surface area (Å²) in [6.45, 7) is 5.85. The second kappa shape index (κ2) is 8.96. The Labute approximate surface area is 158 Å². The second-order valence-corrected chi connectivity index (χ2v) is 7.19. The minimum atomic E-state index is -1.31. The van der Waals surface area contributed by atoms with Crippen molar-refractivity contribution in [3.63, 3.8) is 0 Å². The summed E-state index contributed by atoms with van der Waals surface area (Å²) < 4.78 is 10.2. The monoisotopic (exact) mass is 375 g/mol. The number of thioether (sulfide) groups is 1. The molecule has 0 amide bonds. The number of nitrogen functional groups attached to an aromatic ring is 1. The zero-order valence-electron chi connectivity index (χ0n) is 15.5. The quantitative estimate of drug-likeness (QED) is 0.437. The molecule has 0 fully saturated rings. The van der Waals surface area contributed by atoms with Crippen LogP contribution in [0.3, 0.4) is 0 Å². The zero-order valence-corrected chi connectivity index (χ0v) is 16.3. The molecule has 0 aliphatic heterocycles. The van der Waals surface area contributed by atoms with Gasteiger partial charge in [0.25, 0.3) is 0 Å². The number of rotatable bonds is 7. The van der Waals surface area contributed by atoms with Crippen LogP contribution in [0.2, 0.25) is 0 Å². The highest BCUT2D eigenvalue weighted by molar-refractivity contribution is 7.99. The number of nitrogens with two attached hydrogens (primary N) is 1. The van der Waals surface area contributed by atoms with Gasteiger partial charge in [-0.15, -0.1) is 11.8 Å². The maximum atomic E-state index is 12.1. The Morgan fingerprint density at radius 3 is 2.46 bits per heavy atom. The molecule has 2 aromatic carbocycles. The fraction of sp³-hybridized carbons (Fsp3) is 0.350. The highest BCUT2D eigenvalue weighted by atomic mass is 32.2. The highest BCUT2D eigenvalue weighted by Gasteiger charge is 2.30. The number of hydrogen-bond acceptors (Lipinski definition) is 6. The fourth-order valence-corrected chi connectivity index (χ4v) is 3.98. The second-order valence-electron chi connectivity index (χ2n) is 6.00. The number of aliphatic hydroxyl groups excluding tert-OH is 1. The van der Waals surface area contributed by atoms with E-state index in [-0.39, 0.29) is 6.61 Å². The van der Waals surface area contributed by atoms with Crippen molar-refractivity contribution in [1.82, 2.24) is 0 Å². The molecule has 0 unspecified atom stereocenters. The Morgan fingerprint density at radius 2 is 1.88 bits per heavy atom. The summed E-state index contributed by atoms with van der Waals surface area (Å²) in [7, 11) is 1.59. The molecular weight excluding hydrogens is 350 g/mol. The number of esters is 1. The molecule has 0 radical (unpaired) electrons. The van der Waals surface area contributed by atoms with Crippen molar-refractivity contribution in [3.8, 4) is 5.75 Å². The molecule has 0 aliphatic rings. The van der Waals surface area contributed by atoms with Crippen LogP contribution in [-0.2, 0) is 9.53 Å². The summed E-state index contributed by atoms with van der Waals surface area (Å²) in [5, 5.41) is 10.1. The van der Waals surface area contributed by atoms with Crippen LogP contribution in [0.5, 0.6) is 5.75 Å². The van der Waals surface area contributed by atoms with Crippen LogP contribution in [0, 0.1) is 13.8 Å². The van der Waals surface area contributed by atoms with E-state index in [0.29, 0.717) is 11.4 Å². The van der Waals surface area contributed by atoms with Crippen LogP contribution in [0.1, 0.15) is 28.9 Å². The lowest BCUT2D eigenvalue weighted by molar-refractivity contribution is -0.153. The molecule has 6 heteroatoms. The number of benzene rings is 2. The number of carbonyl (C=O) groups excluding carboxylic acids is 1. The number of aryl methyl sites for hydroxylation is 2. The molecule has 0 aliphatic carbocycles. The lowest BCUT2D eigenvalue weighted by Crippen LogP contribution is -2.28. The van der Waals surface area contributed by atoms with Crippen LogP contribution < -0.4 is 10.5 Å². The van der Waals surface area contributed by atoms with Crippen LogP contribution in [0.4, 0.5) is 5.69 Å². The van der Waals surface area contributed by atoms with Crippen molar-refractivity contribution >= 4 is 23.4 Å². The lowest BCUT2D eigenvalue weighted by Gasteiger charge is -2.23. The summed E-state index contributed by atoms with van der Waals surface area (Å²) in [5.41, 5.74) is 9.69. The van der Waals surface area contributed by atoms with Gasteiger partial charge >= 0.3 is 5.97 Å². The summed E-state index contributed by atoms with van der Waals surface area (Å²) in [5.74, 6) is 0.0535. The predicted molar refractivity (Wildman–Crippen MR) is 105 cm³/mol. The van der Waals surface area contributed by atoms with Crippen molar-refractivity contribution in [2.45, 2.75) is 37.0 Å². The van der Waals surface area contributed by atoms with Crippen molar-refractivity contribution in [3.05, 3.63) is 53.1 Å². The van der Waals surface area contributed by atoms with Crippen LogP contribution in [0.15, 0.2) is 41.3 Å². The largest absolute Gasteiger partial charge is 0.497 e. The predicted octanol–water partition coefficient (Wildman–Crippen LogP) is 3.65. The highest BCUT2D eigenvalue weighted by Crippen LogP contribution is 2.42. The minimum absolute atomic E-state index is 0.210. The fourth-order valence-electron chi connectivity index (χ4n) is 2.63. The van der Waals surface area contributed by atoms with Crippen molar-refractivity contribution in [2.24, 2.45) is 0 Å². The van der Waals surface area contributed by atoms with Crippen LogP contribution >= 0.6 is 11.8 Å². The van der Waals surface area contributed by atoms with Gasteiger partial charge in [0.1, 0.15) is 5.75 Å². The molecule has 0 spiro atoms. The SMILES string of the molecule is CCOC(=O)[C@@H](O)[C@H](Sc1cc(C)cc(C)c1N)c1ccc(OC)cc1. The van der Waals surface area contributed by atoms with E-state index in [9.17, 15) is 9.90 Å². The smallest absolute Gasteiger partial charge is 0.336 e. The number of methoxy groups -OCH3 is 1. The van der Waals surface area contributed by atoms with Gasteiger partial charge in [-0.25, -0.2) is 4.79 Å². The van der Waals surface area contributed by atoms with Gasteiger partial charge in [-0.3, -0.25) is 0 Å². The number of ether oxygens (including phenoxy) is 2. The van der Waals surface area contributed by atoms with Gasteiger partial charge in [0.15, 0.2) is 6.10 Å². The van der Waals surface area contributed by atoms with Gasteiger partial charge in [0, 0.05) is 10.6 Å².